The van der Waals surface area contributed by atoms with E-state index in [0.717, 1.165) is 31.4 Å². The summed E-state index contributed by atoms with van der Waals surface area (Å²) >= 11 is 0. The van der Waals surface area contributed by atoms with Crippen molar-refractivity contribution in [2.24, 2.45) is 0 Å². The fourth-order valence-corrected chi connectivity index (χ4v) is 3.38. The SMILES string of the molecule is COc1cn(-c2ccccc2)nc1C(=O)NC1(C(=O)O)CCCCCC1. The Hall–Kier alpha value is -2.83. The molecule has 7 heteroatoms. The van der Waals surface area contributed by atoms with Crippen LogP contribution in [0, 0.1) is 0 Å². The van der Waals surface area contributed by atoms with Gasteiger partial charge in [0.2, 0.25) is 0 Å². The fourth-order valence-electron chi connectivity index (χ4n) is 3.38. The number of ether oxygens (including phenoxy) is 1. The van der Waals surface area contributed by atoms with E-state index >= 15 is 0 Å². The Morgan fingerprint density at radius 1 is 1.15 bits per heavy atom. The van der Waals surface area contributed by atoms with Crippen LogP contribution in [-0.4, -0.2) is 39.4 Å². The quantitative estimate of drug-likeness (QED) is 0.803. The molecule has 0 aliphatic heterocycles. The van der Waals surface area contributed by atoms with Crippen LogP contribution in [0.1, 0.15) is 49.0 Å². The van der Waals surface area contributed by atoms with E-state index in [1.165, 1.54) is 7.11 Å². The monoisotopic (exact) mass is 357 g/mol. The van der Waals surface area contributed by atoms with E-state index in [1.807, 2.05) is 30.3 Å². The summed E-state index contributed by atoms with van der Waals surface area (Å²) in [4.78, 5) is 24.7. The minimum absolute atomic E-state index is 0.0845. The number of benzene rings is 1. The van der Waals surface area contributed by atoms with Crippen molar-refractivity contribution < 1.29 is 19.4 Å². The number of carboxylic acids is 1. The van der Waals surface area contributed by atoms with Gasteiger partial charge in [0.15, 0.2) is 11.4 Å². The van der Waals surface area contributed by atoms with Crippen LogP contribution in [-0.2, 0) is 4.79 Å². The fraction of sp³-hybridized carbons (Fsp3) is 0.421. The molecule has 0 bridgehead atoms. The number of hydrogen-bond donors (Lipinski definition) is 2. The van der Waals surface area contributed by atoms with Gasteiger partial charge in [-0.3, -0.25) is 4.79 Å². The topological polar surface area (TPSA) is 93.5 Å². The number of methoxy groups -OCH3 is 1. The zero-order valence-electron chi connectivity index (χ0n) is 14.8. The van der Waals surface area contributed by atoms with Crippen molar-refractivity contribution in [1.82, 2.24) is 15.1 Å². The first-order valence-corrected chi connectivity index (χ1v) is 8.81. The predicted molar refractivity (Wildman–Crippen MR) is 95.7 cm³/mol. The standard InChI is InChI=1S/C19H23N3O4/c1-26-15-13-22(14-9-5-4-6-10-14)21-16(15)17(23)20-19(18(24)25)11-7-2-3-8-12-19/h4-6,9-10,13H,2-3,7-8,11-12H2,1H3,(H,20,23)(H,24,25). The third kappa shape index (κ3) is 3.56. The summed E-state index contributed by atoms with van der Waals surface area (Å²) in [6, 6.07) is 9.35. The van der Waals surface area contributed by atoms with Crippen LogP contribution >= 0.6 is 0 Å². The number of hydrogen-bond acceptors (Lipinski definition) is 4. The Balaban J connectivity index is 1.89. The molecule has 2 aromatic rings. The van der Waals surface area contributed by atoms with Gasteiger partial charge in [0.05, 0.1) is 19.0 Å². The molecule has 7 nitrogen and oxygen atoms in total. The second-order valence-electron chi connectivity index (χ2n) is 6.58. The zero-order valence-corrected chi connectivity index (χ0v) is 14.8. The van der Waals surface area contributed by atoms with Crippen molar-refractivity contribution in [3.63, 3.8) is 0 Å². The van der Waals surface area contributed by atoms with E-state index in [-0.39, 0.29) is 5.69 Å². The lowest BCUT2D eigenvalue weighted by Crippen LogP contribution is -2.54. The number of nitrogens with one attached hydrogen (secondary N) is 1. The van der Waals surface area contributed by atoms with E-state index < -0.39 is 17.4 Å². The van der Waals surface area contributed by atoms with Gasteiger partial charge < -0.3 is 15.2 Å². The molecule has 0 unspecified atom stereocenters. The average Bonchev–Trinajstić information content (AvgIpc) is 2.95. The molecular weight excluding hydrogens is 334 g/mol. The first-order valence-electron chi connectivity index (χ1n) is 8.81. The Labute approximate surface area is 152 Å². The average molecular weight is 357 g/mol. The van der Waals surface area contributed by atoms with E-state index in [1.54, 1.807) is 10.9 Å². The molecule has 1 heterocycles. The maximum Gasteiger partial charge on any atom is 0.329 e. The van der Waals surface area contributed by atoms with Crippen molar-refractivity contribution in [3.05, 3.63) is 42.2 Å². The van der Waals surface area contributed by atoms with Crippen LogP contribution in [0.15, 0.2) is 36.5 Å². The van der Waals surface area contributed by atoms with E-state index in [4.69, 9.17) is 4.74 Å². The molecule has 3 rings (SSSR count). The maximum atomic E-state index is 12.8. The van der Waals surface area contributed by atoms with Gasteiger partial charge in [0.1, 0.15) is 5.54 Å². The summed E-state index contributed by atoms with van der Waals surface area (Å²) in [5, 5.41) is 16.8. The number of carbonyl (C=O) groups excluding carboxylic acids is 1. The highest BCUT2D eigenvalue weighted by atomic mass is 16.5. The van der Waals surface area contributed by atoms with Crippen LogP contribution in [0.5, 0.6) is 5.75 Å². The molecular formula is C19H23N3O4. The first-order chi connectivity index (χ1) is 12.6. The molecule has 1 saturated carbocycles. The van der Waals surface area contributed by atoms with Gasteiger partial charge in [-0.25, -0.2) is 9.48 Å². The van der Waals surface area contributed by atoms with Crippen molar-refractivity contribution in [2.45, 2.75) is 44.1 Å². The first kappa shape index (κ1) is 18.0. The second-order valence-corrected chi connectivity index (χ2v) is 6.58. The lowest BCUT2D eigenvalue weighted by Gasteiger charge is -2.29. The summed E-state index contributed by atoms with van der Waals surface area (Å²) in [6.45, 7) is 0. The molecule has 2 N–H and O–H groups in total. The minimum atomic E-state index is -1.24. The molecule has 1 aromatic heterocycles. The zero-order chi connectivity index (χ0) is 18.6. The van der Waals surface area contributed by atoms with Gasteiger partial charge in [0, 0.05) is 0 Å². The van der Waals surface area contributed by atoms with Gasteiger partial charge in [-0.1, -0.05) is 43.9 Å². The molecule has 0 saturated heterocycles. The predicted octanol–water partition coefficient (Wildman–Crippen LogP) is 2.79. The van der Waals surface area contributed by atoms with Crippen molar-refractivity contribution in [2.75, 3.05) is 7.11 Å². The van der Waals surface area contributed by atoms with Crippen molar-refractivity contribution in [3.8, 4) is 11.4 Å². The van der Waals surface area contributed by atoms with Gasteiger partial charge in [0.25, 0.3) is 5.91 Å². The molecule has 0 spiro atoms. The number of aromatic nitrogens is 2. The second kappa shape index (κ2) is 7.59. The molecule has 1 aromatic carbocycles. The smallest absolute Gasteiger partial charge is 0.329 e. The molecule has 0 atom stereocenters. The summed E-state index contributed by atoms with van der Waals surface area (Å²) < 4.78 is 6.83. The largest absolute Gasteiger partial charge is 0.493 e. The van der Waals surface area contributed by atoms with Crippen LogP contribution in [0.25, 0.3) is 5.69 Å². The third-order valence-electron chi connectivity index (χ3n) is 4.86. The normalized spacial score (nSPS) is 16.5. The van der Waals surface area contributed by atoms with Gasteiger partial charge >= 0.3 is 5.97 Å². The summed E-state index contributed by atoms with van der Waals surface area (Å²) in [7, 11) is 1.46. The van der Waals surface area contributed by atoms with Crippen molar-refractivity contribution in [1.29, 1.82) is 0 Å². The highest BCUT2D eigenvalue weighted by Gasteiger charge is 2.41. The van der Waals surface area contributed by atoms with Gasteiger partial charge in [-0.05, 0) is 25.0 Å². The summed E-state index contributed by atoms with van der Waals surface area (Å²) in [5.74, 6) is -1.21. The molecule has 1 aliphatic carbocycles. The number of carboxylic acid groups (broad SMARTS) is 1. The van der Waals surface area contributed by atoms with Crippen LogP contribution in [0.2, 0.25) is 0 Å². The summed E-state index contributed by atoms with van der Waals surface area (Å²) in [6.07, 6.45) is 5.99. The minimum Gasteiger partial charge on any atom is -0.493 e. The van der Waals surface area contributed by atoms with Gasteiger partial charge in [-0.15, -0.1) is 0 Å². The molecule has 0 radical (unpaired) electrons. The Bertz CT molecular complexity index is 777. The van der Waals surface area contributed by atoms with Crippen molar-refractivity contribution >= 4 is 11.9 Å². The van der Waals surface area contributed by atoms with Crippen LogP contribution < -0.4 is 10.1 Å². The highest BCUT2D eigenvalue weighted by molar-refractivity contribution is 5.98. The van der Waals surface area contributed by atoms with E-state index in [2.05, 4.69) is 10.4 Å². The van der Waals surface area contributed by atoms with E-state index in [9.17, 15) is 14.7 Å². The number of aliphatic carboxylic acids is 1. The maximum absolute atomic E-state index is 12.8. The third-order valence-corrected chi connectivity index (χ3v) is 4.86. The molecule has 26 heavy (non-hydrogen) atoms. The number of para-hydroxylation sites is 1. The Morgan fingerprint density at radius 2 is 1.81 bits per heavy atom. The number of nitrogens with zero attached hydrogens (tertiary/aromatic N) is 2. The molecule has 1 amide bonds. The lowest BCUT2D eigenvalue weighted by molar-refractivity contribution is -0.145. The lowest BCUT2D eigenvalue weighted by atomic mass is 9.90. The number of amides is 1. The summed E-state index contributed by atoms with van der Waals surface area (Å²) in [5.41, 5.74) is -0.372. The highest BCUT2D eigenvalue weighted by Crippen LogP contribution is 2.29. The number of carbonyl (C=O) groups is 2. The number of rotatable bonds is 5. The van der Waals surface area contributed by atoms with Crippen LogP contribution in [0.3, 0.4) is 0 Å². The Kier molecular flexibility index (Phi) is 5.25. The van der Waals surface area contributed by atoms with Gasteiger partial charge in [-0.2, -0.15) is 5.10 Å². The van der Waals surface area contributed by atoms with Crippen LogP contribution in [0.4, 0.5) is 0 Å². The molecule has 1 fully saturated rings. The van der Waals surface area contributed by atoms with E-state index in [0.29, 0.717) is 18.6 Å². The Morgan fingerprint density at radius 3 is 2.38 bits per heavy atom. The molecule has 1 aliphatic rings. The molecule has 138 valence electrons.